The summed E-state index contributed by atoms with van der Waals surface area (Å²) >= 11 is -1.12. The molecule has 0 saturated carbocycles. The molecule has 0 saturated heterocycles. The fourth-order valence-electron chi connectivity index (χ4n) is 0.207. The summed E-state index contributed by atoms with van der Waals surface area (Å²) in [7, 11) is 0. The molecule has 0 aliphatic carbocycles. The molecule has 0 atom stereocenters. The topological polar surface area (TPSA) is 0 Å². The van der Waals surface area contributed by atoms with Crippen molar-refractivity contribution >= 4 is 21.1 Å². The van der Waals surface area contributed by atoms with E-state index in [0.717, 1.165) is 0 Å². The van der Waals surface area contributed by atoms with Gasteiger partial charge in [0.25, 0.3) is 0 Å². The van der Waals surface area contributed by atoms with E-state index < -0.39 is 26.2 Å². The Balaban J connectivity index is 3.39. The van der Waals surface area contributed by atoms with Crippen LogP contribution in [-0.4, -0.2) is 32.9 Å². The third-order valence-electron chi connectivity index (χ3n) is 0.286. The van der Waals surface area contributed by atoms with Crippen LogP contribution in [0.3, 0.4) is 0 Å². The van der Waals surface area contributed by atoms with Crippen molar-refractivity contribution < 1.29 is 13.2 Å². The zero-order chi connectivity index (χ0) is 6.78. The molecule has 0 aromatic carbocycles. The maximum atomic E-state index is 11.4. The van der Waals surface area contributed by atoms with Crippen LogP contribution in [0.25, 0.3) is 0 Å². The molecular formula is C3H6F3PSe. The Kier molecular flexibility index (Phi) is 3.33. The summed E-state index contributed by atoms with van der Waals surface area (Å²) in [6.45, 7) is 2.53. The Morgan fingerprint density at radius 1 is 1.25 bits per heavy atom. The Morgan fingerprint density at radius 3 is 1.62 bits per heavy atom. The number of hydrogen-bond donors (Lipinski definition) is 0. The molecule has 0 unspecified atom stereocenters. The quantitative estimate of drug-likeness (QED) is 0.456. The monoisotopic (exact) mass is 210 g/mol. The Morgan fingerprint density at radius 2 is 1.62 bits per heavy atom. The third-order valence-corrected chi connectivity index (χ3v) is 4.46. The Bertz CT molecular complexity index is 69.4. The molecule has 0 amide bonds. The molecule has 0 rings (SSSR count). The first-order valence-corrected chi connectivity index (χ1v) is 7.16. The van der Waals surface area contributed by atoms with Crippen molar-refractivity contribution in [2.75, 3.05) is 13.3 Å². The van der Waals surface area contributed by atoms with Crippen molar-refractivity contribution in [3.63, 3.8) is 0 Å². The average Bonchev–Trinajstić information content (AvgIpc) is 1.21. The van der Waals surface area contributed by atoms with E-state index in [0.29, 0.717) is 0 Å². The van der Waals surface area contributed by atoms with Crippen molar-refractivity contribution in [1.29, 1.82) is 0 Å². The third kappa shape index (κ3) is 6.74. The van der Waals surface area contributed by atoms with Gasteiger partial charge in [0.05, 0.1) is 0 Å². The van der Waals surface area contributed by atoms with E-state index in [1.54, 1.807) is 13.3 Å². The van der Waals surface area contributed by atoms with Crippen molar-refractivity contribution in [3.8, 4) is 0 Å². The van der Waals surface area contributed by atoms with Gasteiger partial charge in [-0.25, -0.2) is 0 Å². The van der Waals surface area contributed by atoms with Gasteiger partial charge in [-0.05, 0) is 0 Å². The van der Waals surface area contributed by atoms with E-state index in [9.17, 15) is 13.2 Å². The van der Waals surface area contributed by atoms with Crippen LogP contribution in [-0.2, 0) is 0 Å². The SMILES string of the molecule is CP(C)[Se]C(F)(F)F. The summed E-state index contributed by atoms with van der Waals surface area (Å²) in [4.78, 5) is 0. The van der Waals surface area contributed by atoms with E-state index in [-0.39, 0.29) is 0 Å². The van der Waals surface area contributed by atoms with Crippen molar-refractivity contribution in [3.05, 3.63) is 0 Å². The molecular weight excluding hydrogens is 203 g/mol. The number of alkyl halides is 3. The van der Waals surface area contributed by atoms with Gasteiger partial charge in [0, 0.05) is 0 Å². The summed E-state index contributed by atoms with van der Waals surface area (Å²) in [6, 6.07) is 0. The molecule has 0 aromatic rings. The van der Waals surface area contributed by atoms with Crippen LogP contribution in [0.2, 0.25) is 0 Å². The standard InChI is InChI=1S/C3H6F3PSe/c1-7(2)8-3(4,5)6/h1-2H3. The van der Waals surface area contributed by atoms with E-state index in [1.165, 1.54) is 0 Å². The molecule has 0 N–H and O–H groups in total. The second-order valence-electron chi connectivity index (χ2n) is 1.35. The Labute approximate surface area is 53.4 Å². The van der Waals surface area contributed by atoms with Gasteiger partial charge in [-0.3, -0.25) is 0 Å². The predicted octanol–water partition coefficient (Wildman–Crippen LogP) is 1.87. The van der Waals surface area contributed by atoms with Crippen LogP contribution in [0.15, 0.2) is 0 Å². The van der Waals surface area contributed by atoms with E-state index in [1.807, 2.05) is 0 Å². The van der Waals surface area contributed by atoms with Crippen LogP contribution in [0.1, 0.15) is 0 Å². The van der Waals surface area contributed by atoms with Crippen molar-refractivity contribution in [2.24, 2.45) is 0 Å². The van der Waals surface area contributed by atoms with Gasteiger partial charge in [-0.1, -0.05) is 0 Å². The molecule has 8 heavy (non-hydrogen) atoms. The maximum absolute atomic E-state index is 11.4. The molecule has 5 heteroatoms. The number of halogens is 3. The summed E-state index contributed by atoms with van der Waals surface area (Å²) in [6.07, 6.45) is 0. The second kappa shape index (κ2) is 3.05. The molecule has 0 radical (unpaired) electrons. The molecule has 0 nitrogen and oxygen atoms in total. The van der Waals surface area contributed by atoms with Crippen LogP contribution >= 0.6 is 6.61 Å². The first kappa shape index (κ1) is 8.74. The van der Waals surface area contributed by atoms with Gasteiger partial charge in [0.2, 0.25) is 0 Å². The fourth-order valence-corrected chi connectivity index (χ4v) is 3.23. The fraction of sp³-hybridized carbons (Fsp3) is 1.00. The second-order valence-corrected chi connectivity index (χ2v) is 9.87. The first-order valence-electron chi connectivity index (χ1n) is 1.85. The molecule has 0 aromatic heterocycles. The molecule has 0 fully saturated rings. The molecule has 0 heterocycles. The summed E-state index contributed by atoms with van der Waals surface area (Å²) in [5.74, 6) is 0. The van der Waals surface area contributed by atoms with Crippen molar-refractivity contribution in [2.45, 2.75) is 5.07 Å². The first-order chi connectivity index (χ1) is 3.42. The predicted molar refractivity (Wildman–Crippen MR) is 30.6 cm³/mol. The van der Waals surface area contributed by atoms with E-state index in [2.05, 4.69) is 0 Å². The van der Waals surface area contributed by atoms with Crippen LogP contribution < -0.4 is 0 Å². The average molecular weight is 209 g/mol. The molecule has 0 bridgehead atoms. The molecule has 0 spiro atoms. The van der Waals surface area contributed by atoms with E-state index >= 15 is 0 Å². The van der Waals surface area contributed by atoms with Gasteiger partial charge in [-0.15, -0.1) is 0 Å². The number of rotatable bonds is 1. The Hall–Kier alpha value is 0.739. The van der Waals surface area contributed by atoms with Crippen molar-refractivity contribution in [1.82, 2.24) is 0 Å². The minimum absolute atomic E-state index is 0.751. The van der Waals surface area contributed by atoms with Crippen LogP contribution in [0.4, 0.5) is 13.2 Å². The van der Waals surface area contributed by atoms with Gasteiger partial charge in [0.1, 0.15) is 0 Å². The van der Waals surface area contributed by atoms with Crippen LogP contribution in [0, 0.1) is 0 Å². The van der Waals surface area contributed by atoms with E-state index in [4.69, 9.17) is 0 Å². The van der Waals surface area contributed by atoms with Gasteiger partial charge in [-0.2, -0.15) is 0 Å². The number of hydrogen-bond acceptors (Lipinski definition) is 0. The molecule has 50 valence electrons. The zero-order valence-corrected chi connectivity index (χ0v) is 7.10. The summed E-state index contributed by atoms with van der Waals surface area (Å²) < 4.78 is 34.1. The van der Waals surface area contributed by atoms with Gasteiger partial charge >= 0.3 is 52.7 Å². The minimum atomic E-state index is -3.89. The van der Waals surface area contributed by atoms with Gasteiger partial charge < -0.3 is 0 Å². The summed E-state index contributed by atoms with van der Waals surface area (Å²) in [5.41, 5.74) is 0. The van der Waals surface area contributed by atoms with Gasteiger partial charge in [0.15, 0.2) is 0 Å². The summed E-state index contributed by atoms with van der Waals surface area (Å²) in [5, 5.41) is -3.89. The molecule has 0 aliphatic rings. The molecule has 0 aliphatic heterocycles. The van der Waals surface area contributed by atoms with Crippen LogP contribution in [0.5, 0.6) is 0 Å². The zero-order valence-electron chi connectivity index (χ0n) is 4.49. The normalized spacial score (nSPS) is 12.8.